The molecule has 0 spiro atoms. The Morgan fingerprint density at radius 2 is 2.03 bits per heavy atom. The van der Waals surface area contributed by atoms with E-state index >= 15 is 0 Å². The lowest BCUT2D eigenvalue weighted by Gasteiger charge is -2.31. The molecule has 8 nitrogen and oxygen atoms in total. The molecule has 168 valence electrons. The minimum atomic E-state index is -3.77. The zero-order chi connectivity index (χ0) is 22.0. The first-order valence-electron chi connectivity index (χ1n) is 10.2. The van der Waals surface area contributed by atoms with Crippen molar-refractivity contribution in [3.8, 4) is 0 Å². The Kier molecular flexibility index (Phi) is 10.1. The molecular weight excluding hydrogens is 424 g/mol. The first kappa shape index (κ1) is 24.6. The Balaban J connectivity index is 1.84. The van der Waals surface area contributed by atoms with Gasteiger partial charge in [0.2, 0.25) is 21.8 Å². The first-order valence-corrected chi connectivity index (χ1v) is 13.1. The summed E-state index contributed by atoms with van der Waals surface area (Å²) >= 11 is 1.56. The number of sulfonamides is 1. The van der Waals surface area contributed by atoms with Crippen LogP contribution in [0.15, 0.2) is 35.2 Å². The molecule has 1 fully saturated rings. The number of hydrogen-bond acceptors (Lipinski definition) is 6. The fraction of sp³-hybridized carbons (Fsp3) is 0.600. The van der Waals surface area contributed by atoms with Crippen molar-refractivity contribution in [2.24, 2.45) is 11.7 Å². The third-order valence-corrected chi connectivity index (χ3v) is 7.27. The van der Waals surface area contributed by atoms with E-state index in [0.29, 0.717) is 25.3 Å². The molecule has 2 atom stereocenters. The minimum Gasteiger partial charge on any atom is -0.369 e. The molecule has 1 aliphatic heterocycles. The van der Waals surface area contributed by atoms with Crippen molar-refractivity contribution in [2.75, 3.05) is 38.2 Å². The van der Waals surface area contributed by atoms with Gasteiger partial charge in [0.05, 0.1) is 10.8 Å². The van der Waals surface area contributed by atoms with Crippen LogP contribution in [0.4, 0.5) is 0 Å². The lowest BCUT2D eigenvalue weighted by atomic mass is 9.97. The standard InChI is InChI=1S/C20H32N4O4S2/c1-29-14-10-18(23-30(27,28)17-8-3-2-4-9-17)20(26)22-11-6-13-24-12-5-7-16(15-24)19(21)25/h2-4,8-9,16,18,23H,5-7,10-15H2,1H3,(H2,21,25)(H,22,26). The average Bonchev–Trinajstić information content (AvgIpc) is 2.74. The number of piperidine rings is 1. The van der Waals surface area contributed by atoms with E-state index in [1.807, 2.05) is 6.26 Å². The molecule has 4 N–H and O–H groups in total. The van der Waals surface area contributed by atoms with Crippen LogP contribution in [0.5, 0.6) is 0 Å². The zero-order valence-corrected chi connectivity index (χ0v) is 19.0. The van der Waals surface area contributed by atoms with Gasteiger partial charge in [-0.25, -0.2) is 8.42 Å². The number of rotatable bonds is 12. The van der Waals surface area contributed by atoms with E-state index in [1.165, 1.54) is 12.1 Å². The largest absolute Gasteiger partial charge is 0.369 e. The summed E-state index contributed by atoms with van der Waals surface area (Å²) in [6, 6.07) is 7.22. The van der Waals surface area contributed by atoms with Crippen molar-refractivity contribution in [1.29, 1.82) is 0 Å². The van der Waals surface area contributed by atoms with Gasteiger partial charge in [0.1, 0.15) is 6.04 Å². The minimum absolute atomic E-state index is 0.100. The van der Waals surface area contributed by atoms with Crippen LogP contribution in [0.3, 0.4) is 0 Å². The Hall–Kier alpha value is -1.62. The van der Waals surface area contributed by atoms with Crippen molar-refractivity contribution >= 4 is 33.6 Å². The molecule has 0 aromatic heterocycles. The van der Waals surface area contributed by atoms with E-state index in [4.69, 9.17) is 5.73 Å². The highest BCUT2D eigenvalue weighted by molar-refractivity contribution is 7.98. The molecule has 2 unspecified atom stereocenters. The van der Waals surface area contributed by atoms with Gasteiger partial charge in [-0.05, 0) is 62.9 Å². The van der Waals surface area contributed by atoms with Gasteiger partial charge in [-0.1, -0.05) is 18.2 Å². The number of likely N-dealkylation sites (tertiary alicyclic amines) is 1. The van der Waals surface area contributed by atoms with E-state index in [0.717, 1.165) is 32.4 Å². The van der Waals surface area contributed by atoms with Crippen LogP contribution in [0.2, 0.25) is 0 Å². The van der Waals surface area contributed by atoms with Crippen LogP contribution in [0.1, 0.15) is 25.7 Å². The first-order chi connectivity index (χ1) is 14.3. The fourth-order valence-corrected chi connectivity index (χ4v) is 5.18. The Bertz CT molecular complexity index is 789. The Morgan fingerprint density at radius 3 is 2.70 bits per heavy atom. The van der Waals surface area contributed by atoms with E-state index in [2.05, 4.69) is 14.9 Å². The molecule has 1 aromatic rings. The second kappa shape index (κ2) is 12.3. The molecule has 1 aliphatic rings. The summed E-state index contributed by atoms with van der Waals surface area (Å²) in [7, 11) is -3.77. The monoisotopic (exact) mass is 456 g/mol. The molecular formula is C20H32N4O4S2. The maximum Gasteiger partial charge on any atom is 0.241 e. The van der Waals surface area contributed by atoms with Gasteiger partial charge in [-0.2, -0.15) is 16.5 Å². The molecule has 0 radical (unpaired) electrons. The van der Waals surface area contributed by atoms with Crippen LogP contribution >= 0.6 is 11.8 Å². The van der Waals surface area contributed by atoms with E-state index in [-0.39, 0.29) is 22.6 Å². The summed E-state index contributed by atoms with van der Waals surface area (Å²) in [5.74, 6) is -0.0123. The van der Waals surface area contributed by atoms with Crippen LogP contribution in [-0.4, -0.2) is 69.4 Å². The number of amides is 2. The highest BCUT2D eigenvalue weighted by atomic mass is 32.2. The number of benzene rings is 1. The SMILES string of the molecule is CSCCC(NS(=O)(=O)c1ccccc1)C(=O)NCCCN1CCCC(C(N)=O)C1. The van der Waals surface area contributed by atoms with Crippen molar-refractivity contribution < 1.29 is 18.0 Å². The van der Waals surface area contributed by atoms with Gasteiger partial charge in [-0.15, -0.1) is 0 Å². The molecule has 2 rings (SSSR count). The van der Waals surface area contributed by atoms with Gasteiger partial charge in [0, 0.05) is 13.1 Å². The third-order valence-electron chi connectivity index (χ3n) is 5.14. The predicted molar refractivity (Wildman–Crippen MR) is 120 cm³/mol. The van der Waals surface area contributed by atoms with Gasteiger partial charge in [0.25, 0.3) is 0 Å². The number of carbonyl (C=O) groups is 2. The highest BCUT2D eigenvalue weighted by Crippen LogP contribution is 2.16. The van der Waals surface area contributed by atoms with Crippen LogP contribution in [0, 0.1) is 5.92 Å². The van der Waals surface area contributed by atoms with Crippen molar-refractivity contribution in [3.63, 3.8) is 0 Å². The number of nitrogens with zero attached hydrogens (tertiary/aromatic N) is 1. The van der Waals surface area contributed by atoms with E-state index < -0.39 is 16.1 Å². The van der Waals surface area contributed by atoms with E-state index in [9.17, 15) is 18.0 Å². The van der Waals surface area contributed by atoms with Crippen LogP contribution in [-0.2, 0) is 19.6 Å². The molecule has 1 aromatic carbocycles. The lowest BCUT2D eigenvalue weighted by molar-refractivity contribution is -0.123. The second-order valence-electron chi connectivity index (χ2n) is 7.46. The summed E-state index contributed by atoms with van der Waals surface area (Å²) in [5, 5.41) is 2.85. The molecule has 10 heteroatoms. The molecule has 1 heterocycles. The smallest absolute Gasteiger partial charge is 0.241 e. The predicted octanol–water partition coefficient (Wildman–Crippen LogP) is 0.790. The van der Waals surface area contributed by atoms with Gasteiger partial charge in [0.15, 0.2) is 0 Å². The number of nitrogens with two attached hydrogens (primary N) is 1. The maximum absolute atomic E-state index is 12.6. The van der Waals surface area contributed by atoms with Crippen LogP contribution in [0.25, 0.3) is 0 Å². The summed E-state index contributed by atoms with van der Waals surface area (Å²) < 4.78 is 27.7. The fourth-order valence-electron chi connectivity index (χ4n) is 3.46. The maximum atomic E-state index is 12.6. The molecule has 0 saturated carbocycles. The van der Waals surface area contributed by atoms with Crippen molar-refractivity contribution in [1.82, 2.24) is 14.9 Å². The molecule has 1 saturated heterocycles. The Labute approximate surface area is 183 Å². The molecule has 0 aliphatic carbocycles. The van der Waals surface area contributed by atoms with E-state index in [1.54, 1.807) is 30.0 Å². The second-order valence-corrected chi connectivity index (χ2v) is 10.2. The number of primary amides is 1. The topological polar surface area (TPSA) is 122 Å². The third kappa shape index (κ3) is 7.90. The highest BCUT2D eigenvalue weighted by Gasteiger charge is 2.26. The molecule has 30 heavy (non-hydrogen) atoms. The number of carbonyl (C=O) groups excluding carboxylic acids is 2. The van der Waals surface area contributed by atoms with Crippen LogP contribution < -0.4 is 15.8 Å². The van der Waals surface area contributed by atoms with Crippen molar-refractivity contribution in [2.45, 2.75) is 36.6 Å². The lowest BCUT2D eigenvalue weighted by Crippen LogP contribution is -2.47. The summed E-state index contributed by atoms with van der Waals surface area (Å²) in [5.41, 5.74) is 5.41. The van der Waals surface area contributed by atoms with Gasteiger partial charge in [-0.3, -0.25) is 9.59 Å². The van der Waals surface area contributed by atoms with Gasteiger partial charge < -0.3 is 16.0 Å². The summed E-state index contributed by atoms with van der Waals surface area (Å²) in [6.45, 7) is 2.79. The molecule has 0 bridgehead atoms. The normalized spacial score (nSPS) is 18.6. The zero-order valence-electron chi connectivity index (χ0n) is 17.4. The Morgan fingerprint density at radius 1 is 1.30 bits per heavy atom. The summed E-state index contributed by atoms with van der Waals surface area (Å²) in [4.78, 5) is 26.3. The number of thioether (sulfide) groups is 1. The average molecular weight is 457 g/mol. The molecule has 2 amide bonds. The number of hydrogen-bond donors (Lipinski definition) is 3. The summed E-state index contributed by atoms with van der Waals surface area (Å²) in [6.07, 6.45) is 4.82. The van der Waals surface area contributed by atoms with Crippen molar-refractivity contribution in [3.05, 3.63) is 30.3 Å². The quantitative estimate of drug-likeness (QED) is 0.400. The number of nitrogens with one attached hydrogen (secondary N) is 2. The van der Waals surface area contributed by atoms with Gasteiger partial charge >= 0.3 is 0 Å².